The number of nitrogens with one attached hydrogen (secondary N) is 1. The van der Waals surface area contributed by atoms with E-state index in [1.54, 1.807) is 24.3 Å². The average Bonchev–Trinajstić information content (AvgIpc) is 3.14. The van der Waals surface area contributed by atoms with Crippen LogP contribution in [0.1, 0.15) is 24.0 Å². The molecule has 0 spiro atoms. The first-order valence-electron chi connectivity index (χ1n) is 10.0. The number of carbonyl (C=O) groups is 2. The highest BCUT2D eigenvalue weighted by molar-refractivity contribution is 7.92. The number of anilines is 1. The van der Waals surface area contributed by atoms with Gasteiger partial charge in [-0.15, -0.1) is 0 Å². The van der Waals surface area contributed by atoms with Crippen molar-refractivity contribution in [2.45, 2.75) is 25.9 Å². The Bertz CT molecular complexity index is 1050. The van der Waals surface area contributed by atoms with Gasteiger partial charge < -0.3 is 15.0 Å². The molecule has 8 nitrogen and oxygen atoms in total. The summed E-state index contributed by atoms with van der Waals surface area (Å²) in [4.78, 5) is 26.2. The maximum atomic E-state index is 12.5. The maximum absolute atomic E-state index is 12.5. The summed E-state index contributed by atoms with van der Waals surface area (Å²) in [6.07, 6.45) is 2.53. The van der Waals surface area contributed by atoms with Crippen LogP contribution in [0.5, 0.6) is 5.75 Å². The summed E-state index contributed by atoms with van der Waals surface area (Å²) in [5.74, 6) is 0.0947. The number of hydrogen-bond donors (Lipinski definition) is 1. The van der Waals surface area contributed by atoms with Gasteiger partial charge in [-0.3, -0.25) is 13.9 Å². The van der Waals surface area contributed by atoms with Crippen LogP contribution in [0, 0.1) is 0 Å². The predicted molar refractivity (Wildman–Crippen MR) is 118 cm³/mol. The number of rotatable bonds is 9. The molecule has 0 saturated carbocycles. The van der Waals surface area contributed by atoms with Crippen molar-refractivity contribution in [2.75, 3.05) is 30.8 Å². The fourth-order valence-electron chi connectivity index (χ4n) is 3.53. The minimum atomic E-state index is -3.70. The molecule has 1 heterocycles. The Morgan fingerprint density at radius 2 is 1.90 bits per heavy atom. The van der Waals surface area contributed by atoms with Crippen molar-refractivity contribution in [3.63, 3.8) is 0 Å². The van der Waals surface area contributed by atoms with Gasteiger partial charge in [0, 0.05) is 26.1 Å². The number of para-hydroxylation sites is 2. The Labute approximate surface area is 182 Å². The van der Waals surface area contributed by atoms with E-state index in [1.807, 2.05) is 29.2 Å². The maximum Gasteiger partial charge on any atom is 0.241 e. The largest absolute Gasteiger partial charge is 0.495 e. The van der Waals surface area contributed by atoms with Gasteiger partial charge in [-0.05, 0) is 29.7 Å². The summed E-state index contributed by atoms with van der Waals surface area (Å²) < 4.78 is 30.9. The first-order chi connectivity index (χ1) is 14.8. The molecule has 2 aromatic rings. The lowest BCUT2D eigenvalue weighted by molar-refractivity contribution is -0.128. The van der Waals surface area contributed by atoms with Crippen molar-refractivity contribution in [1.29, 1.82) is 0 Å². The highest BCUT2D eigenvalue weighted by atomic mass is 32.2. The third-order valence-electron chi connectivity index (χ3n) is 5.07. The number of sulfonamides is 1. The van der Waals surface area contributed by atoms with Crippen LogP contribution < -0.4 is 14.4 Å². The van der Waals surface area contributed by atoms with Crippen molar-refractivity contribution in [2.24, 2.45) is 0 Å². The summed E-state index contributed by atoms with van der Waals surface area (Å²) in [5.41, 5.74) is 2.18. The van der Waals surface area contributed by atoms with E-state index in [2.05, 4.69) is 5.32 Å². The SMILES string of the molecule is COc1ccccc1N(CC(=O)NCc1cccc(CN2CCCC2=O)c1)S(C)(=O)=O. The molecule has 9 heteroatoms. The summed E-state index contributed by atoms with van der Waals surface area (Å²) in [6, 6.07) is 14.3. The molecule has 1 N–H and O–H groups in total. The third-order valence-corrected chi connectivity index (χ3v) is 6.19. The fourth-order valence-corrected chi connectivity index (χ4v) is 4.39. The molecule has 2 amide bonds. The second kappa shape index (κ2) is 9.82. The molecule has 1 fully saturated rings. The number of carbonyl (C=O) groups excluding carboxylic acids is 2. The quantitative estimate of drug-likeness (QED) is 0.636. The van der Waals surface area contributed by atoms with Gasteiger partial charge in [0.05, 0.1) is 19.1 Å². The van der Waals surface area contributed by atoms with Gasteiger partial charge in [0.15, 0.2) is 0 Å². The van der Waals surface area contributed by atoms with Gasteiger partial charge in [-0.1, -0.05) is 36.4 Å². The van der Waals surface area contributed by atoms with Crippen LogP contribution in [0.15, 0.2) is 48.5 Å². The predicted octanol–water partition coefficient (Wildman–Crippen LogP) is 1.90. The molecule has 31 heavy (non-hydrogen) atoms. The minimum absolute atomic E-state index is 0.163. The Balaban J connectivity index is 1.64. The lowest BCUT2D eigenvalue weighted by Crippen LogP contribution is -2.40. The van der Waals surface area contributed by atoms with Crippen molar-refractivity contribution in [1.82, 2.24) is 10.2 Å². The van der Waals surface area contributed by atoms with Crippen molar-refractivity contribution < 1.29 is 22.7 Å². The molecule has 0 unspecified atom stereocenters. The molecule has 1 aliphatic rings. The lowest BCUT2D eigenvalue weighted by Gasteiger charge is -2.23. The molecule has 166 valence electrons. The zero-order chi connectivity index (χ0) is 22.4. The summed E-state index contributed by atoms with van der Waals surface area (Å²) in [7, 11) is -2.25. The standard InChI is InChI=1S/C22H27N3O5S/c1-30-20-10-4-3-9-19(20)25(31(2,28)29)16-21(26)23-14-17-7-5-8-18(13-17)15-24-12-6-11-22(24)27/h3-5,7-10,13H,6,11-12,14-16H2,1-2H3,(H,23,26). The van der Waals surface area contributed by atoms with Gasteiger partial charge in [0.25, 0.3) is 0 Å². The summed E-state index contributed by atoms with van der Waals surface area (Å²) in [6.45, 7) is 1.21. The second-order valence-electron chi connectivity index (χ2n) is 7.46. The molecule has 0 aliphatic carbocycles. The molecular weight excluding hydrogens is 418 g/mol. The van der Waals surface area contributed by atoms with E-state index < -0.39 is 15.9 Å². The van der Waals surface area contributed by atoms with Crippen LogP contribution in [0.4, 0.5) is 5.69 Å². The Morgan fingerprint density at radius 3 is 2.58 bits per heavy atom. The van der Waals surface area contributed by atoms with Crippen LogP contribution >= 0.6 is 0 Å². The van der Waals surface area contributed by atoms with Crippen molar-refractivity contribution in [3.8, 4) is 5.75 Å². The highest BCUT2D eigenvalue weighted by Crippen LogP contribution is 2.29. The first kappa shape index (κ1) is 22.6. The Hall–Kier alpha value is -3.07. The fraction of sp³-hybridized carbons (Fsp3) is 0.364. The number of methoxy groups -OCH3 is 1. The van der Waals surface area contributed by atoms with Crippen LogP contribution in [-0.4, -0.2) is 51.6 Å². The van der Waals surface area contributed by atoms with E-state index in [9.17, 15) is 18.0 Å². The van der Waals surface area contributed by atoms with E-state index in [1.165, 1.54) is 7.11 Å². The van der Waals surface area contributed by atoms with Gasteiger partial charge in [0.1, 0.15) is 12.3 Å². The molecule has 0 aromatic heterocycles. The van der Waals surface area contributed by atoms with Gasteiger partial charge >= 0.3 is 0 Å². The number of hydrogen-bond acceptors (Lipinski definition) is 5. The Kier molecular flexibility index (Phi) is 7.17. The Morgan fingerprint density at radius 1 is 1.16 bits per heavy atom. The summed E-state index contributed by atoms with van der Waals surface area (Å²) in [5, 5.41) is 2.77. The zero-order valence-corrected chi connectivity index (χ0v) is 18.5. The molecule has 0 atom stereocenters. The highest BCUT2D eigenvalue weighted by Gasteiger charge is 2.24. The monoisotopic (exact) mass is 445 g/mol. The zero-order valence-electron chi connectivity index (χ0n) is 17.7. The molecule has 1 aliphatic heterocycles. The van der Waals surface area contributed by atoms with Crippen molar-refractivity contribution >= 4 is 27.5 Å². The van der Waals surface area contributed by atoms with Crippen LogP contribution in [0.3, 0.4) is 0 Å². The smallest absolute Gasteiger partial charge is 0.241 e. The van der Waals surface area contributed by atoms with Gasteiger partial charge in [0.2, 0.25) is 21.8 Å². The van der Waals surface area contributed by atoms with E-state index in [-0.39, 0.29) is 19.0 Å². The first-order valence-corrected chi connectivity index (χ1v) is 11.9. The third kappa shape index (κ3) is 5.97. The number of nitrogens with zero attached hydrogens (tertiary/aromatic N) is 2. The second-order valence-corrected chi connectivity index (χ2v) is 9.36. The normalized spacial score (nSPS) is 13.9. The number of amides is 2. The van der Waals surface area contributed by atoms with Crippen LogP contribution in [-0.2, 0) is 32.7 Å². The number of likely N-dealkylation sites (tertiary alicyclic amines) is 1. The van der Waals surface area contributed by atoms with Crippen LogP contribution in [0.25, 0.3) is 0 Å². The van der Waals surface area contributed by atoms with E-state index in [0.29, 0.717) is 24.4 Å². The number of benzene rings is 2. The molecule has 1 saturated heterocycles. The summed E-state index contributed by atoms with van der Waals surface area (Å²) >= 11 is 0. The molecule has 3 rings (SSSR count). The van der Waals surface area contributed by atoms with Gasteiger partial charge in [-0.2, -0.15) is 0 Å². The number of ether oxygens (including phenoxy) is 1. The van der Waals surface area contributed by atoms with Gasteiger partial charge in [-0.25, -0.2) is 8.42 Å². The molecule has 0 bridgehead atoms. The lowest BCUT2D eigenvalue weighted by atomic mass is 10.1. The molecule has 2 aromatic carbocycles. The van der Waals surface area contributed by atoms with E-state index in [4.69, 9.17) is 4.74 Å². The topological polar surface area (TPSA) is 96.0 Å². The van der Waals surface area contributed by atoms with Crippen molar-refractivity contribution in [3.05, 3.63) is 59.7 Å². The van der Waals surface area contributed by atoms with E-state index >= 15 is 0 Å². The molecule has 0 radical (unpaired) electrons. The van der Waals surface area contributed by atoms with Crippen LogP contribution in [0.2, 0.25) is 0 Å². The van der Waals surface area contributed by atoms with E-state index in [0.717, 1.165) is 34.7 Å². The minimum Gasteiger partial charge on any atom is -0.495 e. The molecular formula is C22H27N3O5S. The average molecular weight is 446 g/mol.